The first kappa shape index (κ1) is 15.2. The molecule has 0 bridgehead atoms. The molecule has 0 atom stereocenters. The van der Waals surface area contributed by atoms with Gasteiger partial charge in [-0.15, -0.1) is 0 Å². The Morgan fingerprint density at radius 2 is 1.79 bits per heavy atom. The van der Waals surface area contributed by atoms with Crippen LogP contribution >= 0.6 is 0 Å². The molecule has 6 heteroatoms. The minimum atomic E-state index is -0.478. The lowest BCUT2D eigenvalue weighted by molar-refractivity contribution is -0.140. The van der Waals surface area contributed by atoms with E-state index in [1.165, 1.54) is 12.1 Å². The van der Waals surface area contributed by atoms with Gasteiger partial charge in [0.1, 0.15) is 5.82 Å². The highest BCUT2D eigenvalue weighted by Crippen LogP contribution is 2.51. The molecule has 24 heavy (non-hydrogen) atoms. The number of fused-ring (bicyclic) bond motifs is 1. The van der Waals surface area contributed by atoms with Crippen LogP contribution in [0.1, 0.15) is 25.3 Å². The quantitative estimate of drug-likeness (QED) is 0.916. The third-order valence-electron chi connectivity index (χ3n) is 5.33. The predicted molar refractivity (Wildman–Crippen MR) is 88.0 cm³/mol. The maximum absolute atomic E-state index is 13.4. The lowest BCUT2D eigenvalue weighted by Crippen LogP contribution is -2.52. The van der Waals surface area contributed by atoms with E-state index in [1.54, 1.807) is 17.9 Å². The number of hydrogen-bond donors (Lipinski definition) is 1. The van der Waals surface area contributed by atoms with E-state index in [-0.39, 0.29) is 17.6 Å². The SMILES string of the molecule is CC(=O)N1CCN(C(=O)C2(c3c[nH]c4cc(F)ccc34)CC2)CC1. The van der Waals surface area contributed by atoms with Crippen LogP contribution < -0.4 is 0 Å². The standard InChI is InChI=1S/C18H20FN3O2/c1-12(23)21-6-8-22(9-7-21)17(24)18(4-5-18)15-11-20-16-10-13(19)2-3-14(15)16/h2-3,10-11,20H,4-9H2,1H3. The molecule has 1 N–H and O–H groups in total. The summed E-state index contributed by atoms with van der Waals surface area (Å²) in [5.74, 6) is -0.0924. The molecule has 1 aromatic carbocycles. The van der Waals surface area contributed by atoms with Crippen molar-refractivity contribution < 1.29 is 14.0 Å². The Hall–Kier alpha value is -2.37. The highest BCUT2D eigenvalue weighted by Gasteiger charge is 2.54. The van der Waals surface area contributed by atoms with Gasteiger partial charge in [0, 0.05) is 50.2 Å². The summed E-state index contributed by atoms with van der Waals surface area (Å²) >= 11 is 0. The van der Waals surface area contributed by atoms with Crippen LogP contribution in [-0.2, 0) is 15.0 Å². The summed E-state index contributed by atoms with van der Waals surface area (Å²) in [6, 6.07) is 4.65. The maximum Gasteiger partial charge on any atom is 0.233 e. The average Bonchev–Trinajstić information content (AvgIpc) is 3.28. The van der Waals surface area contributed by atoms with Crippen LogP contribution in [0.3, 0.4) is 0 Å². The van der Waals surface area contributed by atoms with E-state index in [4.69, 9.17) is 0 Å². The number of amides is 2. The number of nitrogens with one attached hydrogen (secondary N) is 1. The second-order valence-corrected chi connectivity index (χ2v) is 6.77. The van der Waals surface area contributed by atoms with E-state index >= 15 is 0 Å². The fourth-order valence-electron chi connectivity index (χ4n) is 3.74. The van der Waals surface area contributed by atoms with Gasteiger partial charge < -0.3 is 14.8 Å². The summed E-state index contributed by atoms with van der Waals surface area (Å²) in [6.07, 6.45) is 3.49. The van der Waals surface area contributed by atoms with Crippen LogP contribution in [0.5, 0.6) is 0 Å². The number of piperazine rings is 1. The molecular formula is C18H20FN3O2. The fourth-order valence-corrected chi connectivity index (χ4v) is 3.74. The van der Waals surface area contributed by atoms with Crippen LogP contribution in [0.15, 0.2) is 24.4 Å². The molecule has 0 unspecified atom stereocenters. The molecule has 1 saturated heterocycles. The lowest BCUT2D eigenvalue weighted by Gasteiger charge is -2.36. The molecule has 4 rings (SSSR count). The minimum absolute atomic E-state index is 0.0573. The number of aromatic amines is 1. The number of carbonyl (C=O) groups excluding carboxylic acids is 2. The molecule has 5 nitrogen and oxygen atoms in total. The van der Waals surface area contributed by atoms with E-state index in [0.717, 1.165) is 29.3 Å². The summed E-state index contributed by atoms with van der Waals surface area (Å²) in [6.45, 7) is 3.91. The maximum atomic E-state index is 13.4. The highest BCUT2D eigenvalue weighted by atomic mass is 19.1. The molecule has 0 spiro atoms. The summed E-state index contributed by atoms with van der Waals surface area (Å²) in [7, 11) is 0. The molecule has 1 aromatic heterocycles. The second kappa shape index (κ2) is 5.33. The molecule has 2 heterocycles. The van der Waals surface area contributed by atoms with Crippen LogP contribution in [0.4, 0.5) is 4.39 Å². The van der Waals surface area contributed by atoms with E-state index in [9.17, 15) is 14.0 Å². The van der Waals surface area contributed by atoms with Crippen LogP contribution in [0.2, 0.25) is 0 Å². The van der Waals surface area contributed by atoms with Crippen molar-refractivity contribution >= 4 is 22.7 Å². The van der Waals surface area contributed by atoms with Gasteiger partial charge in [-0.05, 0) is 36.6 Å². The Kier molecular flexibility index (Phi) is 3.37. The third-order valence-corrected chi connectivity index (χ3v) is 5.33. The van der Waals surface area contributed by atoms with E-state index in [0.29, 0.717) is 26.2 Å². The molecule has 2 aromatic rings. The molecule has 2 aliphatic rings. The van der Waals surface area contributed by atoms with Crippen molar-refractivity contribution in [1.82, 2.24) is 14.8 Å². The lowest BCUT2D eigenvalue weighted by atomic mass is 9.93. The van der Waals surface area contributed by atoms with Crippen LogP contribution in [0, 0.1) is 5.82 Å². The molecule has 2 fully saturated rings. The number of benzene rings is 1. The van der Waals surface area contributed by atoms with Gasteiger partial charge >= 0.3 is 0 Å². The number of aromatic nitrogens is 1. The van der Waals surface area contributed by atoms with Crippen molar-refractivity contribution in [1.29, 1.82) is 0 Å². The van der Waals surface area contributed by atoms with Crippen molar-refractivity contribution in [2.75, 3.05) is 26.2 Å². The van der Waals surface area contributed by atoms with Crippen molar-refractivity contribution in [3.8, 4) is 0 Å². The van der Waals surface area contributed by atoms with Gasteiger partial charge in [-0.2, -0.15) is 0 Å². The van der Waals surface area contributed by atoms with Crippen molar-refractivity contribution in [3.63, 3.8) is 0 Å². The number of nitrogens with zero attached hydrogens (tertiary/aromatic N) is 2. The van der Waals surface area contributed by atoms with Crippen molar-refractivity contribution in [2.24, 2.45) is 0 Å². The zero-order valence-electron chi connectivity index (χ0n) is 13.6. The minimum Gasteiger partial charge on any atom is -0.361 e. The monoisotopic (exact) mass is 329 g/mol. The van der Waals surface area contributed by atoms with Gasteiger partial charge in [-0.3, -0.25) is 9.59 Å². The molecule has 1 aliphatic heterocycles. The molecule has 2 amide bonds. The fraction of sp³-hybridized carbons (Fsp3) is 0.444. The van der Waals surface area contributed by atoms with Gasteiger partial charge in [-0.1, -0.05) is 0 Å². The molecule has 0 radical (unpaired) electrons. The van der Waals surface area contributed by atoms with Crippen LogP contribution in [-0.4, -0.2) is 52.8 Å². The average molecular weight is 329 g/mol. The Bertz CT molecular complexity index is 817. The molecule has 1 saturated carbocycles. The number of hydrogen-bond acceptors (Lipinski definition) is 2. The van der Waals surface area contributed by atoms with Gasteiger partial charge in [0.15, 0.2) is 0 Å². The molecule has 1 aliphatic carbocycles. The number of carbonyl (C=O) groups is 2. The summed E-state index contributed by atoms with van der Waals surface area (Å²) in [5, 5.41) is 0.921. The van der Waals surface area contributed by atoms with E-state index in [1.807, 2.05) is 11.1 Å². The Balaban J connectivity index is 1.59. The highest BCUT2D eigenvalue weighted by molar-refractivity contribution is 5.97. The smallest absolute Gasteiger partial charge is 0.233 e. The van der Waals surface area contributed by atoms with Gasteiger partial charge in [0.2, 0.25) is 11.8 Å². The van der Waals surface area contributed by atoms with Gasteiger partial charge in [-0.25, -0.2) is 4.39 Å². The largest absolute Gasteiger partial charge is 0.361 e. The summed E-state index contributed by atoms with van der Waals surface area (Å²) in [5.41, 5.74) is 1.22. The number of halogens is 1. The zero-order chi connectivity index (χ0) is 16.9. The van der Waals surface area contributed by atoms with Gasteiger partial charge in [0.25, 0.3) is 0 Å². The van der Waals surface area contributed by atoms with Crippen molar-refractivity contribution in [3.05, 3.63) is 35.8 Å². The Morgan fingerprint density at radius 1 is 1.12 bits per heavy atom. The number of H-pyrrole nitrogens is 1. The third kappa shape index (κ3) is 2.28. The molecule has 126 valence electrons. The Morgan fingerprint density at radius 3 is 2.42 bits per heavy atom. The first-order valence-corrected chi connectivity index (χ1v) is 8.33. The van der Waals surface area contributed by atoms with Crippen LogP contribution in [0.25, 0.3) is 10.9 Å². The van der Waals surface area contributed by atoms with E-state index < -0.39 is 5.41 Å². The topological polar surface area (TPSA) is 56.4 Å². The summed E-state index contributed by atoms with van der Waals surface area (Å²) in [4.78, 5) is 31.3. The predicted octanol–water partition coefficient (Wildman–Crippen LogP) is 2.03. The number of rotatable bonds is 2. The Labute approximate surface area is 139 Å². The summed E-state index contributed by atoms with van der Waals surface area (Å²) < 4.78 is 13.4. The zero-order valence-corrected chi connectivity index (χ0v) is 13.6. The van der Waals surface area contributed by atoms with E-state index in [2.05, 4.69) is 4.98 Å². The van der Waals surface area contributed by atoms with Gasteiger partial charge in [0.05, 0.1) is 5.41 Å². The molecular weight excluding hydrogens is 309 g/mol. The normalized spacial score (nSPS) is 19.6. The second-order valence-electron chi connectivity index (χ2n) is 6.77. The first-order chi connectivity index (χ1) is 11.5. The first-order valence-electron chi connectivity index (χ1n) is 8.33. The van der Waals surface area contributed by atoms with Crippen molar-refractivity contribution in [2.45, 2.75) is 25.2 Å².